The lowest BCUT2D eigenvalue weighted by Crippen LogP contribution is -2.27. The molecule has 1 unspecified atom stereocenters. The van der Waals surface area contributed by atoms with Gasteiger partial charge in [0.25, 0.3) is 0 Å². The Morgan fingerprint density at radius 1 is 1.38 bits per heavy atom. The molecular formula is C13H15NO2. The lowest BCUT2D eigenvalue weighted by molar-refractivity contribution is -0.0209. The average Bonchev–Trinajstić information content (AvgIpc) is 2.28. The van der Waals surface area contributed by atoms with Crippen LogP contribution in [0.3, 0.4) is 0 Å². The van der Waals surface area contributed by atoms with Crippen LogP contribution in [-0.4, -0.2) is 23.8 Å². The van der Waals surface area contributed by atoms with Crippen LogP contribution in [-0.2, 0) is 10.3 Å². The van der Waals surface area contributed by atoms with Crippen LogP contribution >= 0.6 is 0 Å². The molecule has 0 aliphatic rings. The van der Waals surface area contributed by atoms with Gasteiger partial charge >= 0.3 is 0 Å². The van der Waals surface area contributed by atoms with Gasteiger partial charge in [0, 0.05) is 24.3 Å². The second-order valence-electron chi connectivity index (χ2n) is 4.12. The molecule has 2 rings (SSSR count). The molecule has 1 N–H and O–H groups in total. The highest BCUT2D eigenvalue weighted by Crippen LogP contribution is 2.23. The maximum atomic E-state index is 10.2. The first kappa shape index (κ1) is 11.0. The van der Waals surface area contributed by atoms with Crippen molar-refractivity contribution in [1.82, 2.24) is 4.98 Å². The standard InChI is InChI=1S/C13H15NO2/c1-13(15,9-16-2)11-7-10-5-3-4-6-12(10)14-8-11/h3-8,15H,9H2,1-2H3. The predicted octanol–water partition coefficient (Wildman–Crippen LogP) is 2.09. The summed E-state index contributed by atoms with van der Waals surface area (Å²) in [5, 5.41) is 11.2. The Kier molecular flexibility index (Phi) is 2.90. The number of aliphatic hydroxyl groups is 1. The van der Waals surface area contributed by atoms with Gasteiger partial charge in [0.1, 0.15) is 5.60 Å². The molecule has 16 heavy (non-hydrogen) atoms. The summed E-state index contributed by atoms with van der Waals surface area (Å²) in [6, 6.07) is 9.78. The van der Waals surface area contributed by atoms with E-state index in [0.717, 1.165) is 16.5 Å². The Hall–Kier alpha value is -1.45. The van der Waals surface area contributed by atoms with Crippen LogP contribution in [0.4, 0.5) is 0 Å². The molecule has 1 aromatic heterocycles. The number of ether oxygens (including phenoxy) is 1. The fourth-order valence-electron chi connectivity index (χ4n) is 1.73. The van der Waals surface area contributed by atoms with Crippen LogP contribution in [0.25, 0.3) is 10.9 Å². The molecule has 0 saturated carbocycles. The number of rotatable bonds is 3. The summed E-state index contributed by atoms with van der Waals surface area (Å²) in [5.41, 5.74) is 0.707. The number of benzene rings is 1. The minimum atomic E-state index is -0.994. The average molecular weight is 217 g/mol. The lowest BCUT2D eigenvalue weighted by Gasteiger charge is -2.22. The fraction of sp³-hybridized carbons (Fsp3) is 0.308. The molecule has 84 valence electrons. The molecule has 1 aromatic carbocycles. The van der Waals surface area contributed by atoms with E-state index in [-0.39, 0.29) is 6.61 Å². The van der Waals surface area contributed by atoms with Crippen molar-refractivity contribution >= 4 is 10.9 Å². The lowest BCUT2D eigenvalue weighted by atomic mass is 9.97. The van der Waals surface area contributed by atoms with Gasteiger partial charge in [-0.05, 0) is 19.1 Å². The van der Waals surface area contributed by atoms with Gasteiger partial charge in [-0.25, -0.2) is 0 Å². The molecule has 2 aromatic rings. The summed E-state index contributed by atoms with van der Waals surface area (Å²) in [5.74, 6) is 0. The van der Waals surface area contributed by atoms with E-state index in [2.05, 4.69) is 4.98 Å². The van der Waals surface area contributed by atoms with Crippen molar-refractivity contribution in [2.24, 2.45) is 0 Å². The van der Waals surface area contributed by atoms with E-state index < -0.39 is 5.60 Å². The third kappa shape index (κ3) is 2.05. The van der Waals surface area contributed by atoms with E-state index in [9.17, 15) is 5.11 Å². The summed E-state index contributed by atoms with van der Waals surface area (Å²) >= 11 is 0. The second-order valence-corrected chi connectivity index (χ2v) is 4.12. The van der Waals surface area contributed by atoms with Crippen molar-refractivity contribution in [3.63, 3.8) is 0 Å². The molecule has 3 nitrogen and oxygen atoms in total. The first-order valence-corrected chi connectivity index (χ1v) is 5.20. The Morgan fingerprint density at radius 3 is 2.88 bits per heavy atom. The Bertz CT molecular complexity index is 494. The van der Waals surface area contributed by atoms with Crippen molar-refractivity contribution in [3.8, 4) is 0 Å². The summed E-state index contributed by atoms with van der Waals surface area (Å²) in [6.07, 6.45) is 1.70. The van der Waals surface area contributed by atoms with E-state index >= 15 is 0 Å². The van der Waals surface area contributed by atoms with Gasteiger partial charge in [0.2, 0.25) is 0 Å². The van der Waals surface area contributed by atoms with Crippen LogP contribution in [0, 0.1) is 0 Å². The smallest absolute Gasteiger partial charge is 0.112 e. The molecule has 0 fully saturated rings. The topological polar surface area (TPSA) is 42.4 Å². The molecule has 1 atom stereocenters. The molecule has 0 amide bonds. The molecular weight excluding hydrogens is 202 g/mol. The van der Waals surface area contributed by atoms with Crippen LogP contribution in [0.5, 0.6) is 0 Å². The number of hydrogen-bond donors (Lipinski definition) is 1. The van der Waals surface area contributed by atoms with Gasteiger partial charge < -0.3 is 9.84 Å². The quantitative estimate of drug-likeness (QED) is 0.856. The number of aromatic nitrogens is 1. The maximum Gasteiger partial charge on any atom is 0.112 e. The highest BCUT2D eigenvalue weighted by Gasteiger charge is 2.23. The minimum Gasteiger partial charge on any atom is -0.383 e. The van der Waals surface area contributed by atoms with Crippen molar-refractivity contribution in [2.75, 3.05) is 13.7 Å². The molecule has 0 bridgehead atoms. The van der Waals surface area contributed by atoms with Gasteiger partial charge in [0.05, 0.1) is 12.1 Å². The zero-order valence-electron chi connectivity index (χ0n) is 9.47. The van der Waals surface area contributed by atoms with Gasteiger partial charge in [-0.1, -0.05) is 18.2 Å². The van der Waals surface area contributed by atoms with Gasteiger partial charge in [-0.3, -0.25) is 4.98 Å². The van der Waals surface area contributed by atoms with E-state index in [1.165, 1.54) is 0 Å². The second kappa shape index (κ2) is 4.20. The number of pyridine rings is 1. The number of nitrogens with zero attached hydrogens (tertiary/aromatic N) is 1. The fourth-order valence-corrected chi connectivity index (χ4v) is 1.73. The van der Waals surface area contributed by atoms with E-state index in [0.29, 0.717) is 0 Å². The van der Waals surface area contributed by atoms with Crippen molar-refractivity contribution in [2.45, 2.75) is 12.5 Å². The molecule has 0 aliphatic heterocycles. The first-order chi connectivity index (χ1) is 7.63. The predicted molar refractivity (Wildman–Crippen MR) is 63.2 cm³/mol. The van der Waals surface area contributed by atoms with E-state index in [1.54, 1.807) is 20.2 Å². The largest absolute Gasteiger partial charge is 0.383 e. The molecule has 0 saturated heterocycles. The number of para-hydroxylation sites is 1. The summed E-state index contributed by atoms with van der Waals surface area (Å²) in [4.78, 5) is 4.31. The maximum absolute atomic E-state index is 10.2. The van der Waals surface area contributed by atoms with Gasteiger partial charge in [0.15, 0.2) is 0 Å². The highest BCUT2D eigenvalue weighted by atomic mass is 16.5. The van der Waals surface area contributed by atoms with Crippen LogP contribution in [0.2, 0.25) is 0 Å². The van der Waals surface area contributed by atoms with Crippen molar-refractivity contribution in [1.29, 1.82) is 0 Å². The Balaban J connectivity index is 2.46. The highest BCUT2D eigenvalue weighted by molar-refractivity contribution is 5.78. The third-order valence-electron chi connectivity index (χ3n) is 2.64. The molecule has 0 spiro atoms. The summed E-state index contributed by atoms with van der Waals surface area (Å²) in [6.45, 7) is 1.98. The zero-order chi connectivity index (χ0) is 11.6. The summed E-state index contributed by atoms with van der Waals surface area (Å²) in [7, 11) is 1.57. The molecule has 0 radical (unpaired) electrons. The van der Waals surface area contributed by atoms with Crippen molar-refractivity contribution in [3.05, 3.63) is 42.1 Å². The molecule has 0 aliphatic carbocycles. The third-order valence-corrected chi connectivity index (χ3v) is 2.64. The normalized spacial score (nSPS) is 14.9. The van der Waals surface area contributed by atoms with Crippen molar-refractivity contribution < 1.29 is 9.84 Å². The minimum absolute atomic E-state index is 0.257. The SMILES string of the molecule is COCC(C)(O)c1cnc2ccccc2c1. The summed E-state index contributed by atoms with van der Waals surface area (Å²) < 4.78 is 5.00. The van der Waals surface area contributed by atoms with E-state index in [1.807, 2.05) is 30.3 Å². The number of fused-ring (bicyclic) bond motifs is 1. The van der Waals surface area contributed by atoms with Crippen LogP contribution < -0.4 is 0 Å². The monoisotopic (exact) mass is 217 g/mol. The Morgan fingerprint density at radius 2 is 2.12 bits per heavy atom. The number of methoxy groups -OCH3 is 1. The number of hydrogen-bond acceptors (Lipinski definition) is 3. The van der Waals surface area contributed by atoms with Crippen LogP contribution in [0.15, 0.2) is 36.5 Å². The van der Waals surface area contributed by atoms with Gasteiger partial charge in [-0.2, -0.15) is 0 Å². The first-order valence-electron chi connectivity index (χ1n) is 5.20. The van der Waals surface area contributed by atoms with Gasteiger partial charge in [-0.15, -0.1) is 0 Å². The Labute approximate surface area is 94.7 Å². The van der Waals surface area contributed by atoms with E-state index in [4.69, 9.17) is 4.74 Å². The molecule has 3 heteroatoms. The van der Waals surface area contributed by atoms with Crippen LogP contribution in [0.1, 0.15) is 12.5 Å². The molecule has 1 heterocycles. The zero-order valence-corrected chi connectivity index (χ0v) is 9.47.